The Morgan fingerprint density at radius 2 is 2.56 bits per heavy atom. The van der Waals surface area contributed by atoms with Crippen molar-refractivity contribution in [2.45, 2.75) is 11.2 Å². The fraction of sp³-hybridized carbons (Fsp3) is 0.400. The zero-order valence-electron chi connectivity index (χ0n) is 4.51. The van der Waals surface area contributed by atoms with Crippen molar-refractivity contribution < 1.29 is 9.50 Å². The number of rotatable bonds is 0. The van der Waals surface area contributed by atoms with Gasteiger partial charge in [0.05, 0.1) is 4.83 Å². The lowest BCUT2D eigenvalue weighted by atomic mass is 10.2. The van der Waals surface area contributed by atoms with E-state index in [1.807, 2.05) is 0 Å². The monoisotopic (exact) mass is 193 g/mol. The van der Waals surface area contributed by atoms with Crippen LogP contribution in [0.3, 0.4) is 0 Å². The van der Waals surface area contributed by atoms with Crippen LogP contribution in [0.5, 0.6) is 0 Å². The molecule has 0 aromatic heterocycles. The number of halogens is 2. The molecular weight excluding hydrogens is 189 g/mol. The third-order valence-corrected chi connectivity index (χ3v) is 1.54. The minimum absolute atomic E-state index is 0.0756. The Morgan fingerprint density at radius 3 is 3.00 bits per heavy atom. The van der Waals surface area contributed by atoms with Crippen molar-refractivity contribution in [1.29, 1.82) is 0 Å². The van der Waals surface area contributed by atoms with Gasteiger partial charge in [-0.05, 0) is 0 Å². The van der Waals surface area contributed by atoms with Crippen molar-refractivity contribution in [2.24, 2.45) is 4.99 Å². The number of aliphatic imine (C=N–C) groups is 1. The molecule has 0 aliphatic carbocycles. The third kappa shape index (κ3) is 1.51. The van der Waals surface area contributed by atoms with Gasteiger partial charge in [-0.1, -0.05) is 15.9 Å². The minimum Gasteiger partial charge on any atom is -0.491 e. The van der Waals surface area contributed by atoms with Crippen LogP contribution in [0.2, 0.25) is 0 Å². The summed E-state index contributed by atoms with van der Waals surface area (Å²) in [5.74, 6) is -1.05. The van der Waals surface area contributed by atoms with E-state index in [2.05, 4.69) is 20.9 Å². The predicted molar refractivity (Wildman–Crippen MR) is 36.6 cm³/mol. The Balaban J connectivity index is 2.75. The van der Waals surface area contributed by atoms with Gasteiger partial charge in [-0.3, -0.25) is 0 Å². The topological polar surface area (TPSA) is 32.6 Å². The summed E-state index contributed by atoms with van der Waals surface area (Å²) in [4.78, 5) is 3.30. The first kappa shape index (κ1) is 6.74. The first-order valence-electron chi connectivity index (χ1n) is 2.46. The summed E-state index contributed by atoms with van der Waals surface area (Å²) in [5.41, 5.74) is 0. The highest BCUT2D eigenvalue weighted by molar-refractivity contribution is 9.10. The Morgan fingerprint density at radius 1 is 1.89 bits per heavy atom. The summed E-state index contributed by atoms with van der Waals surface area (Å²) in [7, 11) is 0. The van der Waals surface area contributed by atoms with Crippen LogP contribution < -0.4 is 0 Å². The number of nitrogens with zero attached hydrogens (tertiary/aromatic N) is 1. The lowest BCUT2D eigenvalue weighted by Gasteiger charge is -2.06. The first-order chi connectivity index (χ1) is 4.20. The normalized spacial score (nSPS) is 27.1. The molecule has 1 heterocycles. The summed E-state index contributed by atoms with van der Waals surface area (Å²) in [6, 6.07) is 0. The number of aliphatic hydroxyl groups excluding tert-OH is 1. The molecule has 0 aromatic carbocycles. The van der Waals surface area contributed by atoms with Crippen LogP contribution in [-0.2, 0) is 0 Å². The Kier molecular flexibility index (Phi) is 1.85. The van der Waals surface area contributed by atoms with Crippen molar-refractivity contribution in [3.05, 3.63) is 11.7 Å². The maximum atomic E-state index is 12.3. The van der Waals surface area contributed by atoms with E-state index in [9.17, 15) is 4.39 Å². The fourth-order valence-corrected chi connectivity index (χ4v) is 0.939. The van der Waals surface area contributed by atoms with Crippen molar-refractivity contribution in [1.82, 2.24) is 0 Å². The number of aliphatic hydroxyl groups is 1. The van der Waals surface area contributed by atoms with Gasteiger partial charge >= 0.3 is 0 Å². The lowest BCUT2D eigenvalue weighted by molar-refractivity contribution is 0.366. The first-order valence-corrected chi connectivity index (χ1v) is 3.37. The van der Waals surface area contributed by atoms with Crippen molar-refractivity contribution in [2.75, 3.05) is 0 Å². The highest BCUT2D eigenvalue weighted by atomic mass is 79.9. The molecule has 0 fully saturated rings. The second-order valence-corrected chi connectivity index (χ2v) is 2.90. The largest absolute Gasteiger partial charge is 0.491 e. The zero-order chi connectivity index (χ0) is 6.85. The lowest BCUT2D eigenvalue weighted by Crippen LogP contribution is -2.05. The van der Waals surface area contributed by atoms with Crippen molar-refractivity contribution in [3.8, 4) is 0 Å². The molecule has 0 saturated carbocycles. The van der Waals surface area contributed by atoms with Gasteiger partial charge in [0, 0.05) is 12.6 Å². The molecule has 0 saturated heterocycles. The van der Waals surface area contributed by atoms with Crippen LogP contribution in [0.1, 0.15) is 6.42 Å². The van der Waals surface area contributed by atoms with Gasteiger partial charge in [0.25, 0.3) is 0 Å². The summed E-state index contributed by atoms with van der Waals surface area (Å²) < 4.78 is 12.3. The molecule has 1 aliphatic rings. The number of allylic oxidation sites excluding steroid dienone is 1. The van der Waals surface area contributed by atoms with Gasteiger partial charge in [0.15, 0.2) is 5.83 Å². The third-order valence-electron chi connectivity index (χ3n) is 0.975. The van der Waals surface area contributed by atoms with E-state index >= 15 is 0 Å². The SMILES string of the molecule is OC1=C(F)C[C@@H](Br)C=N1. The molecular formula is C5H5BrFNO. The second kappa shape index (κ2) is 2.47. The van der Waals surface area contributed by atoms with Gasteiger partial charge in [0.2, 0.25) is 5.88 Å². The molecule has 0 bridgehead atoms. The zero-order valence-corrected chi connectivity index (χ0v) is 6.10. The van der Waals surface area contributed by atoms with E-state index in [0.29, 0.717) is 0 Å². The molecule has 1 rings (SSSR count). The number of alkyl halides is 1. The summed E-state index contributed by atoms with van der Waals surface area (Å²) in [5, 5.41) is 8.58. The van der Waals surface area contributed by atoms with E-state index in [0.717, 1.165) is 0 Å². The summed E-state index contributed by atoms with van der Waals surface area (Å²) >= 11 is 3.12. The van der Waals surface area contributed by atoms with Gasteiger partial charge in [-0.15, -0.1) is 0 Å². The van der Waals surface area contributed by atoms with Crippen LogP contribution in [0.25, 0.3) is 0 Å². The molecule has 1 atom stereocenters. The smallest absolute Gasteiger partial charge is 0.243 e. The van der Waals surface area contributed by atoms with Crippen molar-refractivity contribution >= 4 is 22.1 Å². The average molecular weight is 194 g/mol. The molecule has 50 valence electrons. The molecule has 2 nitrogen and oxygen atoms in total. The molecule has 0 spiro atoms. The van der Waals surface area contributed by atoms with Crippen LogP contribution in [-0.4, -0.2) is 16.1 Å². The summed E-state index contributed by atoms with van der Waals surface area (Å²) in [6.45, 7) is 0. The van der Waals surface area contributed by atoms with E-state index < -0.39 is 11.7 Å². The van der Waals surface area contributed by atoms with Gasteiger partial charge in [-0.2, -0.15) is 0 Å². The summed E-state index contributed by atoms with van der Waals surface area (Å²) in [6.07, 6.45) is 1.65. The Labute approximate surface area is 60.2 Å². The van der Waals surface area contributed by atoms with E-state index in [1.54, 1.807) is 0 Å². The molecule has 9 heavy (non-hydrogen) atoms. The highest BCUT2D eigenvalue weighted by Crippen LogP contribution is 2.19. The van der Waals surface area contributed by atoms with Crippen molar-refractivity contribution in [3.63, 3.8) is 0 Å². The molecule has 1 aliphatic heterocycles. The number of hydrogen-bond donors (Lipinski definition) is 1. The van der Waals surface area contributed by atoms with Gasteiger partial charge < -0.3 is 5.11 Å². The molecule has 0 aromatic rings. The average Bonchev–Trinajstić information content (AvgIpc) is 1.80. The standard InChI is InChI=1S/C5H5BrFNO/c6-3-1-4(7)5(9)8-2-3/h2-3,9H,1H2/t3-/m1/s1. The predicted octanol–water partition coefficient (Wildman–Crippen LogP) is 1.92. The van der Waals surface area contributed by atoms with E-state index in [4.69, 9.17) is 5.11 Å². The second-order valence-electron chi connectivity index (χ2n) is 1.73. The van der Waals surface area contributed by atoms with E-state index in [-0.39, 0.29) is 11.2 Å². The Bertz CT molecular complexity index is 178. The molecule has 0 radical (unpaired) electrons. The maximum absolute atomic E-state index is 12.3. The maximum Gasteiger partial charge on any atom is 0.243 e. The van der Waals surface area contributed by atoms with Crippen LogP contribution in [0.15, 0.2) is 16.7 Å². The fourth-order valence-electron chi connectivity index (χ4n) is 0.537. The van der Waals surface area contributed by atoms with Gasteiger partial charge in [-0.25, -0.2) is 9.38 Å². The van der Waals surface area contributed by atoms with Crippen LogP contribution in [0.4, 0.5) is 4.39 Å². The van der Waals surface area contributed by atoms with E-state index in [1.165, 1.54) is 6.21 Å². The number of hydrogen-bond acceptors (Lipinski definition) is 2. The van der Waals surface area contributed by atoms with Crippen LogP contribution in [0, 0.1) is 0 Å². The molecule has 0 amide bonds. The Hall–Kier alpha value is -0.380. The minimum atomic E-state index is -0.556. The molecule has 4 heteroatoms. The molecule has 1 N–H and O–H groups in total. The quantitative estimate of drug-likeness (QED) is 0.587. The van der Waals surface area contributed by atoms with Gasteiger partial charge in [0.1, 0.15) is 0 Å². The molecule has 0 unspecified atom stereocenters. The highest BCUT2D eigenvalue weighted by Gasteiger charge is 2.13. The van der Waals surface area contributed by atoms with Crippen LogP contribution >= 0.6 is 15.9 Å².